The summed E-state index contributed by atoms with van der Waals surface area (Å²) in [6.07, 6.45) is 6.96. The van der Waals surface area contributed by atoms with E-state index in [4.69, 9.17) is 21.2 Å². The lowest BCUT2D eigenvalue weighted by molar-refractivity contribution is 0.0974. The van der Waals surface area contributed by atoms with Crippen molar-refractivity contribution in [2.45, 2.75) is 66.2 Å². The molecule has 0 unspecified atom stereocenters. The molecule has 1 saturated carbocycles. The van der Waals surface area contributed by atoms with Crippen LogP contribution in [0.3, 0.4) is 0 Å². The fourth-order valence-electron chi connectivity index (χ4n) is 6.52. The molecule has 7 rings (SSSR count). The summed E-state index contributed by atoms with van der Waals surface area (Å²) in [6.45, 7) is 5.97. The van der Waals surface area contributed by atoms with Gasteiger partial charge in [-0.15, -0.1) is 0 Å². The zero-order valence-electron chi connectivity index (χ0n) is 31.2. The topological polar surface area (TPSA) is 226 Å². The molecule has 0 bridgehead atoms. The van der Waals surface area contributed by atoms with E-state index < -0.39 is 24.4 Å². The first-order valence-electron chi connectivity index (χ1n) is 18.2. The average Bonchev–Trinajstić information content (AvgIpc) is 3.46. The fourth-order valence-corrected chi connectivity index (χ4v) is 6.52. The summed E-state index contributed by atoms with van der Waals surface area (Å²) in [7, 11) is 0. The van der Waals surface area contributed by atoms with Gasteiger partial charge in [-0.05, 0) is 69.9 Å². The minimum atomic E-state index is -0.689. The maximum Gasteiger partial charge on any atom is 0.276 e. The van der Waals surface area contributed by atoms with Gasteiger partial charge in [-0.3, -0.25) is 33.9 Å². The second-order valence-electron chi connectivity index (χ2n) is 13.7. The number of amides is 3. The number of nitrogens with two attached hydrogens (primary N) is 2. The molecule has 1 aliphatic carbocycles. The molecule has 0 saturated heterocycles. The molecule has 6 aromatic rings. The van der Waals surface area contributed by atoms with Crippen LogP contribution in [0.5, 0.6) is 5.75 Å². The van der Waals surface area contributed by atoms with Gasteiger partial charge in [0, 0.05) is 31.4 Å². The number of nitrogens with one attached hydrogen (secondary N) is 1. The lowest BCUT2D eigenvalue weighted by Crippen LogP contribution is -2.20. The molecule has 5 N–H and O–H groups in total. The van der Waals surface area contributed by atoms with Crippen LogP contribution in [-0.4, -0.2) is 80.4 Å². The predicted octanol–water partition coefficient (Wildman–Crippen LogP) is 3.70. The van der Waals surface area contributed by atoms with Crippen molar-refractivity contribution in [2.24, 2.45) is 17.4 Å². The molecule has 0 radical (unpaired) electrons. The maximum absolute atomic E-state index is 13.6. The number of alkyl halides is 1. The van der Waals surface area contributed by atoms with Crippen LogP contribution in [0, 0.1) is 19.8 Å². The Labute approximate surface area is 319 Å². The van der Waals surface area contributed by atoms with Crippen molar-refractivity contribution < 1.29 is 28.3 Å². The van der Waals surface area contributed by atoms with Crippen molar-refractivity contribution >= 4 is 51.7 Å². The predicted molar refractivity (Wildman–Crippen MR) is 203 cm³/mol. The lowest BCUT2D eigenvalue weighted by atomic mass is 10.1. The number of hydrogen-bond donors (Lipinski definition) is 3. The number of benzene rings is 1. The normalized spacial score (nSPS) is 12.9. The van der Waals surface area contributed by atoms with Crippen LogP contribution in [0.15, 0.2) is 48.7 Å². The van der Waals surface area contributed by atoms with E-state index >= 15 is 0 Å². The number of Topliss-reactive ketones (excluding diaryl/α,β-unsaturated/α-hetero) is 1. The minimum Gasteiger partial charge on any atom is -0.491 e. The van der Waals surface area contributed by atoms with E-state index in [1.165, 1.54) is 16.9 Å². The zero-order chi connectivity index (χ0) is 39.7. The van der Waals surface area contributed by atoms with Gasteiger partial charge in [-0.2, -0.15) is 10.2 Å². The molecule has 3 amide bonds. The zero-order valence-corrected chi connectivity index (χ0v) is 31.2. The fraction of sp³-hybridized carbons (Fsp3) is 0.342. The number of aryl methyl sites for hydroxylation is 4. The standard InChI is InChI=1S/C38H41FN12O5/c1-4-50-29(14-22(3)46-50)37(55)45-38-44-26-15-24(34(40)53)17-31(56-20-23-7-8-23)33(26)49(38)11-6-5-10-48-32(43-27-16-25(35(41)54)19-42-36(27)48)18-30(52)28-13-21(2)47-51(28)12-9-39/h5-6,13-17,19,23H,4,7-12,18,20H2,1-3H3,(H2,40,53)(H2,41,54)(H,44,45,55)/b6-5+. The first-order chi connectivity index (χ1) is 26.9. The molecule has 5 heterocycles. The van der Waals surface area contributed by atoms with Gasteiger partial charge in [-0.1, -0.05) is 12.2 Å². The van der Waals surface area contributed by atoms with Crippen LogP contribution in [0.25, 0.3) is 22.2 Å². The Morgan fingerprint density at radius 1 is 0.893 bits per heavy atom. The van der Waals surface area contributed by atoms with Gasteiger partial charge in [0.2, 0.25) is 17.8 Å². The maximum atomic E-state index is 13.6. The number of carbonyl (C=O) groups excluding carboxylic acids is 4. The van der Waals surface area contributed by atoms with Crippen LogP contribution in [0.1, 0.15) is 78.7 Å². The number of pyridine rings is 1. The van der Waals surface area contributed by atoms with Crippen LogP contribution in [0.2, 0.25) is 0 Å². The Bertz CT molecular complexity index is 2540. The molecule has 0 aliphatic heterocycles. The molecular formula is C38H41FN12O5. The van der Waals surface area contributed by atoms with Gasteiger partial charge >= 0.3 is 0 Å². The summed E-state index contributed by atoms with van der Waals surface area (Å²) in [4.78, 5) is 65.3. The number of anilines is 1. The minimum absolute atomic E-state index is 0.0674. The van der Waals surface area contributed by atoms with Crippen LogP contribution in [0.4, 0.5) is 10.3 Å². The number of primary amides is 2. The number of allylic oxidation sites excluding steroid dienone is 2. The van der Waals surface area contributed by atoms with Gasteiger partial charge in [0.15, 0.2) is 11.4 Å². The van der Waals surface area contributed by atoms with Crippen LogP contribution in [-0.2, 0) is 32.6 Å². The molecule has 17 nitrogen and oxygen atoms in total. The summed E-state index contributed by atoms with van der Waals surface area (Å²) in [5.74, 6) is -0.709. The smallest absolute Gasteiger partial charge is 0.276 e. The third-order valence-electron chi connectivity index (χ3n) is 9.42. The number of ketones is 1. The Hall–Kier alpha value is -6.72. The van der Waals surface area contributed by atoms with Gasteiger partial charge in [0.25, 0.3) is 5.91 Å². The number of hydrogen-bond acceptors (Lipinski definition) is 10. The number of fused-ring (bicyclic) bond motifs is 2. The molecule has 290 valence electrons. The van der Waals surface area contributed by atoms with Crippen molar-refractivity contribution in [3.63, 3.8) is 0 Å². The van der Waals surface area contributed by atoms with Crippen molar-refractivity contribution in [3.8, 4) is 5.75 Å². The molecular weight excluding hydrogens is 723 g/mol. The first-order valence-corrected chi connectivity index (χ1v) is 18.2. The highest BCUT2D eigenvalue weighted by atomic mass is 19.1. The SMILES string of the molecule is CCn1nc(C)cc1C(=O)Nc1nc2cc(C(N)=O)cc(OCC3CC3)c2n1C/C=C/Cn1c(CC(=O)c2cc(C)nn2CCF)nc2cc(C(N)=O)cnc21. The third kappa shape index (κ3) is 7.75. The highest BCUT2D eigenvalue weighted by Crippen LogP contribution is 2.34. The Balaban J connectivity index is 1.24. The molecule has 1 aliphatic rings. The van der Waals surface area contributed by atoms with Gasteiger partial charge in [0.05, 0.1) is 42.0 Å². The quantitative estimate of drug-likeness (QED) is 0.0902. The second-order valence-corrected chi connectivity index (χ2v) is 13.7. The summed E-state index contributed by atoms with van der Waals surface area (Å²) >= 11 is 0. The van der Waals surface area contributed by atoms with E-state index in [9.17, 15) is 23.6 Å². The van der Waals surface area contributed by atoms with Crippen molar-refractivity contribution in [1.29, 1.82) is 0 Å². The van der Waals surface area contributed by atoms with Crippen molar-refractivity contribution in [2.75, 3.05) is 18.6 Å². The highest BCUT2D eigenvalue weighted by Gasteiger charge is 2.26. The molecule has 56 heavy (non-hydrogen) atoms. The van der Waals surface area contributed by atoms with E-state index in [0.29, 0.717) is 69.9 Å². The average molecular weight is 765 g/mol. The number of rotatable bonds is 17. The second kappa shape index (κ2) is 15.6. The molecule has 18 heteroatoms. The van der Waals surface area contributed by atoms with E-state index in [1.807, 2.05) is 19.1 Å². The summed E-state index contributed by atoms with van der Waals surface area (Å²) in [5.41, 5.74) is 15.2. The van der Waals surface area contributed by atoms with Gasteiger partial charge in [-0.25, -0.2) is 19.3 Å². The van der Waals surface area contributed by atoms with Crippen molar-refractivity contribution in [3.05, 3.63) is 88.4 Å². The van der Waals surface area contributed by atoms with E-state index in [2.05, 4.69) is 25.5 Å². The summed E-state index contributed by atoms with van der Waals surface area (Å²) in [5, 5.41) is 11.6. The number of imidazole rings is 2. The molecule has 1 fully saturated rings. The van der Waals surface area contributed by atoms with Crippen molar-refractivity contribution in [1.82, 2.24) is 43.6 Å². The number of nitrogens with zero attached hydrogens (tertiary/aromatic N) is 9. The third-order valence-corrected chi connectivity index (χ3v) is 9.42. The van der Waals surface area contributed by atoms with Gasteiger partial charge in [0.1, 0.15) is 40.7 Å². The van der Waals surface area contributed by atoms with Crippen LogP contribution < -0.4 is 21.5 Å². The molecule has 0 spiro atoms. The summed E-state index contributed by atoms with van der Waals surface area (Å²) in [6, 6.07) is 7.95. The number of ether oxygens (including phenoxy) is 1. The summed E-state index contributed by atoms with van der Waals surface area (Å²) < 4.78 is 26.0. The monoisotopic (exact) mass is 764 g/mol. The number of carbonyl (C=O) groups is 4. The van der Waals surface area contributed by atoms with E-state index in [1.54, 1.807) is 51.9 Å². The van der Waals surface area contributed by atoms with Gasteiger partial charge < -0.3 is 25.3 Å². The first kappa shape index (κ1) is 37.6. The lowest BCUT2D eigenvalue weighted by Gasteiger charge is -2.13. The number of aromatic nitrogens is 9. The Morgan fingerprint density at radius 2 is 1.57 bits per heavy atom. The number of halogens is 1. The molecule has 0 atom stereocenters. The Morgan fingerprint density at radius 3 is 2.25 bits per heavy atom. The highest BCUT2D eigenvalue weighted by molar-refractivity contribution is 6.04. The van der Waals surface area contributed by atoms with E-state index in [-0.39, 0.29) is 54.6 Å². The Kier molecular flexibility index (Phi) is 10.4. The molecule has 5 aromatic heterocycles. The largest absolute Gasteiger partial charge is 0.491 e. The van der Waals surface area contributed by atoms with Crippen LogP contribution >= 0.6 is 0 Å². The molecule has 1 aromatic carbocycles. The van der Waals surface area contributed by atoms with E-state index in [0.717, 1.165) is 12.8 Å².